The number of fused-ring (bicyclic) bond motifs is 5. The highest BCUT2D eigenvalue weighted by atomic mass is 35.5. The number of rotatable bonds is 3. The van der Waals surface area contributed by atoms with E-state index in [9.17, 15) is 9.59 Å². The van der Waals surface area contributed by atoms with Crippen LogP contribution in [0.15, 0.2) is 36.7 Å². The van der Waals surface area contributed by atoms with Crippen molar-refractivity contribution in [2.45, 2.75) is 31.6 Å². The van der Waals surface area contributed by atoms with E-state index in [1.165, 1.54) is 4.90 Å². The third-order valence-corrected chi connectivity index (χ3v) is 5.67. The Hall–Kier alpha value is -2.18. The fraction of sp³-hybridized carbons (Fsp3) is 0.389. The molecular formula is C18H16ClN3O3. The van der Waals surface area contributed by atoms with Crippen molar-refractivity contribution in [3.05, 3.63) is 47.2 Å². The Morgan fingerprint density at radius 3 is 2.36 bits per heavy atom. The first-order chi connectivity index (χ1) is 12.1. The Morgan fingerprint density at radius 1 is 1.08 bits per heavy atom. The molecule has 3 aliphatic heterocycles. The Morgan fingerprint density at radius 2 is 1.72 bits per heavy atom. The van der Waals surface area contributed by atoms with E-state index >= 15 is 0 Å². The van der Waals surface area contributed by atoms with Crippen molar-refractivity contribution in [3.8, 4) is 0 Å². The molecule has 3 saturated heterocycles. The first-order valence-corrected chi connectivity index (χ1v) is 8.80. The molecule has 2 bridgehead atoms. The summed E-state index contributed by atoms with van der Waals surface area (Å²) in [5.41, 5.74) is 1.58. The van der Waals surface area contributed by atoms with E-state index in [4.69, 9.17) is 16.3 Å². The number of nitrogens with zero attached hydrogens (tertiary/aromatic N) is 3. The number of halogens is 1. The summed E-state index contributed by atoms with van der Waals surface area (Å²) in [7, 11) is 0. The fourth-order valence-electron chi connectivity index (χ4n) is 4.30. The third kappa shape index (κ3) is 2.24. The number of amides is 2. The summed E-state index contributed by atoms with van der Waals surface area (Å²) >= 11 is 5.90. The average Bonchev–Trinajstić information content (AvgIpc) is 3.35. The van der Waals surface area contributed by atoms with E-state index in [1.54, 1.807) is 17.1 Å². The van der Waals surface area contributed by atoms with Gasteiger partial charge in [0, 0.05) is 11.2 Å². The van der Waals surface area contributed by atoms with Gasteiger partial charge in [0.15, 0.2) is 0 Å². The van der Waals surface area contributed by atoms with Crippen molar-refractivity contribution in [1.82, 2.24) is 9.78 Å². The van der Waals surface area contributed by atoms with Gasteiger partial charge in [0.1, 0.15) is 0 Å². The Labute approximate surface area is 149 Å². The van der Waals surface area contributed by atoms with Crippen LogP contribution in [0.3, 0.4) is 0 Å². The van der Waals surface area contributed by atoms with E-state index in [-0.39, 0.29) is 35.9 Å². The van der Waals surface area contributed by atoms with E-state index in [0.29, 0.717) is 17.3 Å². The number of carbonyl (C=O) groups excluding carboxylic acids is 2. The number of imide groups is 1. The maximum absolute atomic E-state index is 12.8. The number of hydrogen-bond donors (Lipinski definition) is 0. The van der Waals surface area contributed by atoms with Crippen molar-refractivity contribution >= 4 is 29.1 Å². The summed E-state index contributed by atoms with van der Waals surface area (Å²) in [5, 5.41) is 4.98. The van der Waals surface area contributed by atoms with E-state index in [1.807, 2.05) is 24.3 Å². The van der Waals surface area contributed by atoms with E-state index in [2.05, 4.69) is 5.10 Å². The molecule has 128 valence electrons. The van der Waals surface area contributed by atoms with Crippen molar-refractivity contribution in [2.24, 2.45) is 11.8 Å². The minimum Gasteiger partial charge on any atom is -0.373 e. The first kappa shape index (κ1) is 15.1. The second-order valence-corrected chi connectivity index (χ2v) is 7.31. The van der Waals surface area contributed by atoms with Crippen LogP contribution in [-0.4, -0.2) is 33.8 Å². The molecule has 2 aromatic rings. The van der Waals surface area contributed by atoms with Crippen molar-refractivity contribution < 1.29 is 14.3 Å². The summed E-state index contributed by atoms with van der Waals surface area (Å²) in [6.07, 6.45) is 4.87. The maximum atomic E-state index is 12.8. The molecule has 0 aliphatic carbocycles. The standard InChI is InChI=1S/C18H16ClN3O3/c19-11-3-1-10(2-4-11)8-21-9-12(7-20-21)22-17(23)15-13-5-6-14(25-13)16(15)18(22)24/h1-4,7,9,13-16H,5-6,8H2/t13-,14-,15+,16+/m1/s1. The minimum atomic E-state index is -0.314. The number of ether oxygens (including phenoxy) is 1. The number of carbonyl (C=O) groups is 2. The van der Waals surface area contributed by atoms with Crippen LogP contribution in [0.1, 0.15) is 18.4 Å². The van der Waals surface area contributed by atoms with Gasteiger partial charge in [-0.25, -0.2) is 4.90 Å². The average molecular weight is 358 g/mol. The molecule has 1 aromatic carbocycles. The summed E-state index contributed by atoms with van der Waals surface area (Å²) < 4.78 is 7.48. The molecular weight excluding hydrogens is 342 g/mol. The van der Waals surface area contributed by atoms with Gasteiger partial charge in [-0.15, -0.1) is 0 Å². The quantitative estimate of drug-likeness (QED) is 0.790. The largest absolute Gasteiger partial charge is 0.373 e. The zero-order chi connectivity index (χ0) is 17.1. The molecule has 25 heavy (non-hydrogen) atoms. The van der Waals surface area contributed by atoms with E-state index < -0.39 is 0 Å². The second kappa shape index (κ2) is 5.41. The van der Waals surface area contributed by atoms with Gasteiger partial charge >= 0.3 is 0 Å². The topological polar surface area (TPSA) is 64.4 Å². The maximum Gasteiger partial charge on any atom is 0.240 e. The Bertz CT molecular complexity index is 835. The first-order valence-electron chi connectivity index (χ1n) is 8.42. The summed E-state index contributed by atoms with van der Waals surface area (Å²) in [6.45, 7) is 0.550. The molecule has 5 rings (SSSR count). The van der Waals surface area contributed by atoms with Crippen LogP contribution in [0.5, 0.6) is 0 Å². The lowest BCUT2D eigenvalue weighted by atomic mass is 9.81. The van der Waals surface area contributed by atoms with Crippen molar-refractivity contribution in [1.29, 1.82) is 0 Å². The molecule has 0 saturated carbocycles. The molecule has 3 aliphatic rings. The van der Waals surface area contributed by atoms with Crippen LogP contribution in [0.4, 0.5) is 5.69 Å². The summed E-state index contributed by atoms with van der Waals surface area (Å²) in [6, 6.07) is 7.50. The molecule has 6 nitrogen and oxygen atoms in total. The van der Waals surface area contributed by atoms with Gasteiger partial charge in [0.2, 0.25) is 11.8 Å². The molecule has 0 spiro atoms. The van der Waals surface area contributed by atoms with Gasteiger partial charge in [-0.1, -0.05) is 23.7 Å². The van der Waals surface area contributed by atoms with Crippen LogP contribution < -0.4 is 4.90 Å². The fourth-order valence-corrected chi connectivity index (χ4v) is 4.42. The van der Waals surface area contributed by atoms with Gasteiger partial charge < -0.3 is 4.74 Å². The van der Waals surface area contributed by atoms with Crippen LogP contribution in [-0.2, 0) is 20.9 Å². The smallest absolute Gasteiger partial charge is 0.240 e. The zero-order valence-corrected chi connectivity index (χ0v) is 14.1. The Balaban J connectivity index is 1.39. The lowest BCUT2D eigenvalue weighted by Crippen LogP contribution is -2.33. The second-order valence-electron chi connectivity index (χ2n) is 6.88. The number of hydrogen-bond acceptors (Lipinski definition) is 4. The SMILES string of the molecule is O=C1[C@@H]2[C@@H](C(=O)N1c1cnn(Cc3ccc(Cl)cc3)c1)[C@H]1CC[C@H]2O1. The van der Waals surface area contributed by atoms with Gasteiger partial charge in [-0.2, -0.15) is 5.10 Å². The van der Waals surface area contributed by atoms with Crippen LogP contribution in [0.25, 0.3) is 0 Å². The molecule has 1 aromatic heterocycles. The highest BCUT2D eigenvalue weighted by Gasteiger charge is 2.62. The normalized spacial score (nSPS) is 30.4. The molecule has 0 radical (unpaired) electrons. The predicted molar refractivity (Wildman–Crippen MR) is 90.1 cm³/mol. The van der Waals surface area contributed by atoms with Crippen LogP contribution >= 0.6 is 11.6 Å². The molecule has 0 unspecified atom stereocenters. The zero-order valence-electron chi connectivity index (χ0n) is 13.3. The lowest BCUT2D eigenvalue weighted by molar-refractivity contribution is -0.124. The van der Waals surface area contributed by atoms with Gasteiger partial charge in [-0.05, 0) is 30.5 Å². The number of benzene rings is 1. The van der Waals surface area contributed by atoms with Gasteiger partial charge in [0.05, 0.1) is 42.5 Å². The molecule has 4 atom stereocenters. The Kier molecular flexibility index (Phi) is 3.27. The summed E-state index contributed by atoms with van der Waals surface area (Å²) in [5.74, 6) is -0.918. The summed E-state index contributed by atoms with van der Waals surface area (Å²) in [4.78, 5) is 26.8. The monoisotopic (exact) mass is 357 g/mol. The highest BCUT2D eigenvalue weighted by Crippen LogP contribution is 2.49. The lowest BCUT2D eigenvalue weighted by Gasteiger charge is -2.15. The molecule has 0 N–H and O–H groups in total. The highest BCUT2D eigenvalue weighted by molar-refractivity contribution is 6.30. The molecule has 2 amide bonds. The number of anilines is 1. The van der Waals surface area contributed by atoms with Crippen molar-refractivity contribution in [2.75, 3.05) is 4.90 Å². The molecule has 7 heteroatoms. The minimum absolute atomic E-state index is 0.0967. The van der Waals surface area contributed by atoms with E-state index in [0.717, 1.165) is 18.4 Å². The van der Waals surface area contributed by atoms with Crippen LogP contribution in [0, 0.1) is 11.8 Å². The molecule has 3 fully saturated rings. The molecule has 4 heterocycles. The van der Waals surface area contributed by atoms with Crippen molar-refractivity contribution in [3.63, 3.8) is 0 Å². The predicted octanol–water partition coefficient (Wildman–Crippen LogP) is 2.25. The van der Waals surface area contributed by atoms with Gasteiger partial charge in [-0.3, -0.25) is 14.3 Å². The van der Waals surface area contributed by atoms with Gasteiger partial charge in [0.25, 0.3) is 0 Å². The third-order valence-electron chi connectivity index (χ3n) is 5.42. The van der Waals surface area contributed by atoms with Crippen LogP contribution in [0.2, 0.25) is 5.02 Å². The number of aromatic nitrogens is 2.